The fourth-order valence-electron chi connectivity index (χ4n) is 4.82. The van der Waals surface area contributed by atoms with Crippen LogP contribution in [0.25, 0.3) is 6.08 Å². The number of allylic oxidation sites excluding steroid dienone is 3. The largest absolute Gasteiger partial charge is 0.358 e. The van der Waals surface area contributed by atoms with Crippen molar-refractivity contribution in [2.45, 2.75) is 45.4 Å². The average Bonchev–Trinajstić information content (AvgIpc) is 3.13. The Morgan fingerprint density at radius 1 is 1.19 bits per heavy atom. The van der Waals surface area contributed by atoms with Crippen molar-refractivity contribution in [2.24, 2.45) is 5.41 Å². The zero-order valence-corrected chi connectivity index (χ0v) is 16.1. The maximum Gasteiger partial charge on any atom is 0.162 e. The Bertz CT molecular complexity index is 962. The van der Waals surface area contributed by atoms with E-state index in [9.17, 15) is 4.79 Å². The van der Waals surface area contributed by atoms with Crippen LogP contribution in [0, 0.1) is 5.41 Å². The highest BCUT2D eigenvalue weighted by atomic mass is 32.1. The highest BCUT2D eigenvalue weighted by Crippen LogP contribution is 2.51. The van der Waals surface area contributed by atoms with Crippen LogP contribution in [0.4, 0.5) is 5.69 Å². The predicted molar refractivity (Wildman–Crippen MR) is 109 cm³/mol. The number of benzene rings is 1. The molecular formula is C23H23NOS. The highest BCUT2D eigenvalue weighted by Gasteiger charge is 2.41. The lowest BCUT2D eigenvalue weighted by Crippen LogP contribution is -2.34. The average molecular weight is 362 g/mol. The van der Waals surface area contributed by atoms with Gasteiger partial charge >= 0.3 is 0 Å². The third-order valence-electron chi connectivity index (χ3n) is 5.90. The SMILES string of the molecule is CC1(C)CC(=O)C2=C(C1)Nc1ccc3c(c1C2c1ccsc1)C=CCC3. The Kier molecular flexibility index (Phi) is 3.51. The summed E-state index contributed by atoms with van der Waals surface area (Å²) in [5.41, 5.74) is 8.61. The van der Waals surface area contributed by atoms with E-state index in [1.54, 1.807) is 11.3 Å². The molecule has 0 saturated carbocycles. The van der Waals surface area contributed by atoms with Gasteiger partial charge in [-0.3, -0.25) is 4.79 Å². The lowest BCUT2D eigenvalue weighted by atomic mass is 9.68. The van der Waals surface area contributed by atoms with Gasteiger partial charge < -0.3 is 5.32 Å². The molecule has 1 aromatic heterocycles. The van der Waals surface area contributed by atoms with Crippen molar-refractivity contribution < 1.29 is 4.79 Å². The molecule has 2 aliphatic carbocycles. The van der Waals surface area contributed by atoms with E-state index in [0.717, 1.165) is 30.5 Å². The van der Waals surface area contributed by atoms with Crippen molar-refractivity contribution in [3.63, 3.8) is 0 Å². The number of Topliss-reactive ketones (excluding diaryl/α,β-unsaturated/α-hetero) is 1. The summed E-state index contributed by atoms with van der Waals surface area (Å²) < 4.78 is 0. The van der Waals surface area contributed by atoms with Crippen LogP contribution in [-0.2, 0) is 11.2 Å². The lowest BCUT2D eigenvalue weighted by Gasteiger charge is -2.40. The van der Waals surface area contributed by atoms with Crippen LogP contribution >= 0.6 is 11.3 Å². The van der Waals surface area contributed by atoms with Gasteiger partial charge in [0.1, 0.15) is 0 Å². The molecule has 0 saturated heterocycles. The Hall–Kier alpha value is -2.13. The topological polar surface area (TPSA) is 29.1 Å². The number of hydrogen-bond acceptors (Lipinski definition) is 3. The maximum atomic E-state index is 13.2. The first kappa shape index (κ1) is 16.1. The van der Waals surface area contributed by atoms with Crippen LogP contribution in [0.3, 0.4) is 0 Å². The van der Waals surface area contributed by atoms with Crippen LogP contribution < -0.4 is 5.32 Å². The van der Waals surface area contributed by atoms with Gasteiger partial charge in [-0.15, -0.1) is 0 Å². The summed E-state index contributed by atoms with van der Waals surface area (Å²) in [6.07, 6.45) is 8.28. The first-order valence-electron chi connectivity index (χ1n) is 9.41. The summed E-state index contributed by atoms with van der Waals surface area (Å²) in [5, 5.41) is 7.99. The van der Waals surface area contributed by atoms with E-state index < -0.39 is 0 Å². The third kappa shape index (κ3) is 2.41. The molecule has 3 heteroatoms. The van der Waals surface area contributed by atoms with Gasteiger partial charge in [-0.05, 0) is 69.8 Å². The van der Waals surface area contributed by atoms with Crippen molar-refractivity contribution in [1.82, 2.24) is 0 Å². The maximum absolute atomic E-state index is 13.2. The van der Waals surface area contributed by atoms with Crippen molar-refractivity contribution in [3.8, 4) is 0 Å². The summed E-state index contributed by atoms with van der Waals surface area (Å²) in [6.45, 7) is 4.39. The Labute approximate surface area is 158 Å². The van der Waals surface area contributed by atoms with E-state index in [1.807, 2.05) is 0 Å². The molecule has 0 amide bonds. The van der Waals surface area contributed by atoms with E-state index in [2.05, 4.69) is 60.3 Å². The fourth-order valence-corrected chi connectivity index (χ4v) is 5.50. The smallest absolute Gasteiger partial charge is 0.162 e. The molecule has 3 aliphatic rings. The molecule has 2 aromatic rings. The molecule has 2 nitrogen and oxygen atoms in total. The van der Waals surface area contributed by atoms with Gasteiger partial charge in [0.15, 0.2) is 5.78 Å². The Morgan fingerprint density at radius 3 is 2.88 bits per heavy atom. The molecule has 0 fully saturated rings. The molecule has 0 bridgehead atoms. The quantitative estimate of drug-likeness (QED) is 0.684. The fraction of sp³-hybridized carbons (Fsp3) is 0.348. The lowest BCUT2D eigenvalue weighted by molar-refractivity contribution is -0.118. The van der Waals surface area contributed by atoms with Crippen LogP contribution in [0.1, 0.15) is 61.3 Å². The van der Waals surface area contributed by atoms with E-state index in [-0.39, 0.29) is 11.3 Å². The van der Waals surface area contributed by atoms with Gasteiger partial charge in [-0.2, -0.15) is 11.3 Å². The van der Waals surface area contributed by atoms with Crippen molar-refractivity contribution in [2.75, 3.05) is 5.32 Å². The molecule has 5 rings (SSSR count). The van der Waals surface area contributed by atoms with E-state index >= 15 is 0 Å². The number of nitrogens with one attached hydrogen (secondary N) is 1. The molecule has 1 aliphatic heterocycles. The molecular weight excluding hydrogens is 338 g/mol. The van der Waals surface area contributed by atoms with Gasteiger partial charge in [-0.25, -0.2) is 0 Å². The number of thiophene rings is 1. The summed E-state index contributed by atoms with van der Waals surface area (Å²) >= 11 is 1.71. The standard InChI is InChI=1S/C23H23NOS/c1-23(2)11-18-22(19(25)12-23)20(15-9-10-26-13-15)21-16-6-4-3-5-14(16)7-8-17(21)24-18/h4,6-10,13,20,24H,3,5,11-12H2,1-2H3. The van der Waals surface area contributed by atoms with E-state index in [4.69, 9.17) is 0 Å². The predicted octanol–water partition coefficient (Wildman–Crippen LogP) is 5.91. The van der Waals surface area contributed by atoms with Crippen LogP contribution in [0.2, 0.25) is 0 Å². The molecule has 1 aromatic carbocycles. The molecule has 1 unspecified atom stereocenters. The van der Waals surface area contributed by atoms with Crippen molar-refractivity contribution in [1.29, 1.82) is 0 Å². The van der Waals surface area contributed by atoms with Gasteiger partial charge in [0.25, 0.3) is 0 Å². The first-order valence-corrected chi connectivity index (χ1v) is 10.4. The summed E-state index contributed by atoms with van der Waals surface area (Å²) in [5.74, 6) is 0.372. The molecule has 26 heavy (non-hydrogen) atoms. The second-order valence-electron chi connectivity index (χ2n) is 8.49. The van der Waals surface area contributed by atoms with Crippen LogP contribution in [0.5, 0.6) is 0 Å². The third-order valence-corrected chi connectivity index (χ3v) is 6.60. The second-order valence-corrected chi connectivity index (χ2v) is 9.27. The number of hydrogen-bond donors (Lipinski definition) is 1. The Balaban J connectivity index is 1.77. The highest BCUT2D eigenvalue weighted by molar-refractivity contribution is 7.08. The van der Waals surface area contributed by atoms with Crippen molar-refractivity contribution >= 4 is 28.9 Å². The number of carbonyl (C=O) groups is 1. The molecule has 0 radical (unpaired) electrons. The number of carbonyl (C=O) groups excluding carboxylic acids is 1. The molecule has 0 spiro atoms. The zero-order chi connectivity index (χ0) is 17.9. The number of aryl methyl sites for hydroxylation is 1. The monoisotopic (exact) mass is 361 g/mol. The normalized spacial score (nSPS) is 23.2. The minimum absolute atomic E-state index is 0.0216. The van der Waals surface area contributed by atoms with Gasteiger partial charge in [0.2, 0.25) is 0 Å². The number of anilines is 1. The molecule has 2 heterocycles. The molecule has 1 N–H and O–H groups in total. The zero-order valence-electron chi connectivity index (χ0n) is 15.3. The summed E-state index contributed by atoms with van der Waals surface area (Å²) in [6, 6.07) is 6.67. The van der Waals surface area contributed by atoms with Gasteiger partial charge in [0.05, 0.1) is 0 Å². The van der Waals surface area contributed by atoms with E-state index in [0.29, 0.717) is 12.2 Å². The molecule has 132 valence electrons. The molecule has 1 atom stereocenters. The summed E-state index contributed by atoms with van der Waals surface area (Å²) in [7, 11) is 0. The second kappa shape index (κ2) is 5.68. The van der Waals surface area contributed by atoms with Crippen LogP contribution in [0.15, 0.2) is 46.3 Å². The number of rotatable bonds is 1. The van der Waals surface area contributed by atoms with Gasteiger partial charge in [-0.1, -0.05) is 32.1 Å². The van der Waals surface area contributed by atoms with Crippen molar-refractivity contribution in [3.05, 3.63) is 68.6 Å². The Morgan fingerprint density at radius 2 is 2.08 bits per heavy atom. The number of fused-ring (bicyclic) bond motifs is 3. The number of ketones is 1. The van der Waals surface area contributed by atoms with E-state index in [1.165, 1.54) is 27.9 Å². The first-order chi connectivity index (χ1) is 12.5. The minimum atomic E-state index is 0.0216. The minimum Gasteiger partial charge on any atom is -0.358 e. The summed E-state index contributed by atoms with van der Waals surface area (Å²) in [4.78, 5) is 13.2. The van der Waals surface area contributed by atoms with Crippen LogP contribution in [-0.4, -0.2) is 5.78 Å². The van der Waals surface area contributed by atoms with Gasteiger partial charge in [0, 0.05) is 29.3 Å².